The van der Waals surface area contributed by atoms with Crippen LogP contribution in [0.4, 0.5) is 5.69 Å². The number of benzene rings is 3. The van der Waals surface area contributed by atoms with Gasteiger partial charge in [0.1, 0.15) is 24.7 Å². The van der Waals surface area contributed by atoms with E-state index in [1.807, 2.05) is 54.6 Å². The second-order valence-electron chi connectivity index (χ2n) is 7.53. The van der Waals surface area contributed by atoms with E-state index >= 15 is 0 Å². The molecule has 0 saturated heterocycles. The van der Waals surface area contributed by atoms with Gasteiger partial charge in [-0.1, -0.05) is 30.3 Å². The Bertz CT molecular complexity index is 1350. The highest BCUT2D eigenvalue weighted by atomic mass is 16.5. The Hall–Kier alpha value is -4.66. The van der Waals surface area contributed by atoms with Crippen molar-refractivity contribution in [2.24, 2.45) is 0 Å². The van der Waals surface area contributed by atoms with Crippen LogP contribution in [-0.2, 0) is 27.4 Å². The summed E-state index contributed by atoms with van der Waals surface area (Å²) in [5.41, 5.74) is 1.97. The number of hydrogen-bond acceptors (Lipinski definition) is 7. The Labute approximate surface area is 201 Å². The molecule has 0 atom stereocenters. The Morgan fingerprint density at radius 2 is 1.49 bits per heavy atom. The smallest absolute Gasteiger partial charge is 0.337 e. The number of para-hydroxylation sites is 3. The molecule has 4 rings (SSSR count). The topological polar surface area (TPSA) is 109 Å². The molecule has 0 spiro atoms. The monoisotopic (exact) mass is 473 g/mol. The van der Waals surface area contributed by atoms with E-state index in [2.05, 4.69) is 10.3 Å². The molecule has 0 aliphatic heterocycles. The quantitative estimate of drug-likeness (QED) is 0.388. The maximum Gasteiger partial charge on any atom is 0.337 e. The largest absolute Gasteiger partial charge is 0.486 e. The molecule has 1 heterocycles. The number of nitrogens with one attached hydrogen (secondary N) is 1. The first kappa shape index (κ1) is 23.5. The molecule has 3 aromatic carbocycles. The summed E-state index contributed by atoms with van der Waals surface area (Å²) in [6.07, 6.45) is 0. The number of anilines is 1. The molecule has 1 amide bonds. The highest BCUT2D eigenvalue weighted by Gasteiger charge is 2.17. The van der Waals surface area contributed by atoms with Crippen LogP contribution in [-0.4, -0.2) is 41.6 Å². The van der Waals surface area contributed by atoms with Gasteiger partial charge in [-0.3, -0.25) is 4.79 Å². The van der Waals surface area contributed by atoms with Crippen LogP contribution in [0.3, 0.4) is 0 Å². The molecule has 0 bridgehead atoms. The van der Waals surface area contributed by atoms with Crippen molar-refractivity contribution in [2.75, 3.05) is 19.5 Å². The van der Waals surface area contributed by atoms with Gasteiger partial charge in [-0.25, -0.2) is 14.6 Å². The lowest BCUT2D eigenvalue weighted by molar-refractivity contribution is -0.116. The van der Waals surface area contributed by atoms with Crippen molar-refractivity contribution in [1.82, 2.24) is 9.55 Å². The van der Waals surface area contributed by atoms with E-state index in [1.165, 1.54) is 32.4 Å². The number of ether oxygens (including phenoxy) is 3. The normalized spacial score (nSPS) is 10.6. The summed E-state index contributed by atoms with van der Waals surface area (Å²) in [5, 5.41) is 2.74. The van der Waals surface area contributed by atoms with E-state index in [4.69, 9.17) is 14.2 Å². The van der Waals surface area contributed by atoms with Crippen LogP contribution in [0, 0.1) is 0 Å². The van der Waals surface area contributed by atoms with Gasteiger partial charge in [-0.2, -0.15) is 0 Å². The molecule has 0 radical (unpaired) electrons. The van der Waals surface area contributed by atoms with Gasteiger partial charge in [0.25, 0.3) is 0 Å². The summed E-state index contributed by atoms with van der Waals surface area (Å²) in [5.74, 6) is -0.416. The molecule has 0 aliphatic rings. The summed E-state index contributed by atoms with van der Waals surface area (Å²) in [4.78, 5) is 41.7. The molecule has 1 aromatic heterocycles. The molecule has 35 heavy (non-hydrogen) atoms. The number of hydrogen-bond donors (Lipinski definition) is 1. The van der Waals surface area contributed by atoms with Crippen molar-refractivity contribution in [1.29, 1.82) is 0 Å². The second kappa shape index (κ2) is 10.5. The minimum atomic E-state index is -0.646. The molecule has 0 unspecified atom stereocenters. The van der Waals surface area contributed by atoms with Crippen LogP contribution in [0.25, 0.3) is 11.0 Å². The molecule has 9 nitrogen and oxygen atoms in total. The lowest BCUT2D eigenvalue weighted by Crippen LogP contribution is -2.21. The maximum absolute atomic E-state index is 13.0. The molecule has 9 heteroatoms. The molecule has 1 N–H and O–H groups in total. The fraction of sp³-hybridized carbons (Fsp3) is 0.154. The Balaban J connectivity index is 1.59. The molecular formula is C26H23N3O6. The number of carbonyl (C=O) groups excluding carboxylic acids is 3. The first-order valence-electron chi connectivity index (χ1n) is 10.7. The van der Waals surface area contributed by atoms with Crippen molar-refractivity contribution >= 4 is 34.6 Å². The van der Waals surface area contributed by atoms with Crippen LogP contribution in [0.1, 0.15) is 26.5 Å². The van der Waals surface area contributed by atoms with Gasteiger partial charge < -0.3 is 24.1 Å². The number of rotatable bonds is 8. The van der Waals surface area contributed by atoms with Gasteiger partial charge in [0, 0.05) is 5.69 Å². The predicted octanol–water partition coefficient (Wildman–Crippen LogP) is 3.83. The van der Waals surface area contributed by atoms with E-state index in [-0.39, 0.29) is 35.9 Å². The van der Waals surface area contributed by atoms with Gasteiger partial charge in [0.15, 0.2) is 0 Å². The average Bonchev–Trinajstić information content (AvgIpc) is 3.23. The van der Waals surface area contributed by atoms with Crippen molar-refractivity contribution in [3.8, 4) is 5.75 Å². The SMILES string of the molecule is COC(=O)c1cc(NC(=O)Cn2c(COc3ccccc3)nc3ccccc32)cc(C(=O)OC)c1. The van der Waals surface area contributed by atoms with Crippen LogP contribution in [0.5, 0.6) is 5.75 Å². The fourth-order valence-electron chi connectivity index (χ4n) is 3.59. The zero-order valence-electron chi connectivity index (χ0n) is 19.2. The first-order chi connectivity index (χ1) is 17.0. The van der Waals surface area contributed by atoms with Gasteiger partial charge in [-0.15, -0.1) is 0 Å². The minimum absolute atomic E-state index is 0.0655. The Kier molecular flexibility index (Phi) is 7.06. The maximum atomic E-state index is 13.0. The zero-order chi connectivity index (χ0) is 24.8. The standard InChI is InChI=1S/C26H23N3O6/c1-33-25(31)17-12-18(26(32)34-2)14-19(13-17)27-24(30)15-29-22-11-7-6-10-21(22)28-23(29)16-35-20-8-4-3-5-9-20/h3-14H,15-16H2,1-2H3,(H,27,30). The fourth-order valence-corrected chi connectivity index (χ4v) is 3.59. The van der Waals surface area contributed by atoms with Gasteiger partial charge in [-0.05, 0) is 42.5 Å². The number of imidazole rings is 1. The highest BCUT2D eigenvalue weighted by Crippen LogP contribution is 2.20. The summed E-state index contributed by atoms with van der Waals surface area (Å²) in [6.45, 7) is 0.0975. The predicted molar refractivity (Wildman–Crippen MR) is 128 cm³/mol. The molecule has 0 fully saturated rings. The first-order valence-corrected chi connectivity index (χ1v) is 10.7. The number of methoxy groups -OCH3 is 2. The van der Waals surface area contributed by atoms with E-state index in [0.717, 1.165) is 11.0 Å². The van der Waals surface area contributed by atoms with E-state index in [0.29, 0.717) is 11.6 Å². The number of esters is 2. The third kappa shape index (κ3) is 5.47. The summed E-state index contributed by atoms with van der Waals surface area (Å²) >= 11 is 0. The molecule has 178 valence electrons. The van der Waals surface area contributed by atoms with Crippen LogP contribution < -0.4 is 10.1 Å². The number of aromatic nitrogens is 2. The third-order valence-electron chi connectivity index (χ3n) is 5.21. The van der Waals surface area contributed by atoms with Crippen molar-refractivity contribution in [3.63, 3.8) is 0 Å². The Morgan fingerprint density at radius 3 is 2.14 bits per heavy atom. The number of carbonyl (C=O) groups is 3. The third-order valence-corrected chi connectivity index (χ3v) is 5.21. The highest BCUT2D eigenvalue weighted by molar-refractivity contribution is 5.99. The number of amides is 1. The minimum Gasteiger partial charge on any atom is -0.486 e. The summed E-state index contributed by atoms with van der Waals surface area (Å²) in [7, 11) is 2.46. The molecule has 0 saturated carbocycles. The average molecular weight is 473 g/mol. The number of fused-ring (bicyclic) bond motifs is 1. The van der Waals surface area contributed by atoms with E-state index in [9.17, 15) is 14.4 Å². The van der Waals surface area contributed by atoms with Crippen molar-refractivity contribution in [2.45, 2.75) is 13.2 Å². The summed E-state index contributed by atoms with van der Waals surface area (Å²) < 4.78 is 17.1. The Morgan fingerprint density at radius 1 is 0.857 bits per heavy atom. The summed E-state index contributed by atoms with van der Waals surface area (Å²) in [6, 6.07) is 21.0. The zero-order valence-corrected chi connectivity index (χ0v) is 19.2. The van der Waals surface area contributed by atoms with E-state index in [1.54, 1.807) is 4.57 Å². The van der Waals surface area contributed by atoms with Crippen LogP contribution >= 0.6 is 0 Å². The van der Waals surface area contributed by atoms with Crippen LogP contribution in [0.2, 0.25) is 0 Å². The van der Waals surface area contributed by atoms with Crippen molar-refractivity contribution < 1.29 is 28.6 Å². The van der Waals surface area contributed by atoms with Gasteiger partial charge in [0.2, 0.25) is 5.91 Å². The lowest BCUT2D eigenvalue weighted by atomic mass is 10.1. The van der Waals surface area contributed by atoms with Crippen molar-refractivity contribution in [3.05, 3.63) is 89.7 Å². The molecule has 4 aromatic rings. The molecular weight excluding hydrogens is 450 g/mol. The van der Waals surface area contributed by atoms with Gasteiger partial charge >= 0.3 is 11.9 Å². The van der Waals surface area contributed by atoms with E-state index < -0.39 is 11.9 Å². The lowest BCUT2D eigenvalue weighted by Gasteiger charge is -2.12. The van der Waals surface area contributed by atoms with Crippen LogP contribution in [0.15, 0.2) is 72.8 Å². The molecule has 0 aliphatic carbocycles. The van der Waals surface area contributed by atoms with Gasteiger partial charge in [0.05, 0.1) is 36.4 Å². The second-order valence-corrected chi connectivity index (χ2v) is 7.53. The number of nitrogens with zero attached hydrogens (tertiary/aromatic N) is 2.